The molecule has 1 aliphatic heterocycles. The van der Waals surface area contributed by atoms with Gasteiger partial charge in [-0.3, -0.25) is 4.79 Å². The highest BCUT2D eigenvalue weighted by Crippen LogP contribution is 2.14. The van der Waals surface area contributed by atoms with E-state index in [4.69, 9.17) is 16.3 Å². The van der Waals surface area contributed by atoms with Gasteiger partial charge in [0.15, 0.2) is 0 Å². The largest absolute Gasteiger partial charge is 0.380 e. The maximum Gasteiger partial charge on any atom is 0.274 e. The molecule has 1 amide bonds. The molecule has 1 fully saturated rings. The monoisotopic (exact) mass is 241 g/mol. The fourth-order valence-electron chi connectivity index (χ4n) is 1.69. The van der Waals surface area contributed by atoms with Crippen LogP contribution < -0.4 is 0 Å². The Morgan fingerprint density at radius 1 is 1.56 bits per heavy atom. The first-order chi connectivity index (χ1) is 7.70. The maximum absolute atomic E-state index is 11.9. The van der Waals surface area contributed by atoms with Gasteiger partial charge in [-0.15, -0.1) is 0 Å². The van der Waals surface area contributed by atoms with Crippen LogP contribution in [0, 0.1) is 0 Å². The second-order valence-electron chi connectivity index (χ2n) is 3.62. The highest BCUT2D eigenvalue weighted by Gasteiger charge is 2.27. The van der Waals surface area contributed by atoms with Gasteiger partial charge in [0.1, 0.15) is 10.8 Å². The minimum atomic E-state index is -0.122. The fourth-order valence-corrected chi connectivity index (χ4v) is 1.79. The number of ether oxygens (including phenoxy) is 1. The summed E-state index contributed by atoms with van der Waals surface area (Å²) in [5.41, 5.74) is 0.321. The smallest absolute Gasteiger partial charge is 0.274 e. The van der Waals surface area contributed by atoms with Crippen LogP contribution in [0.15, 0.2) is 12.4 Å². The number of hydrogen-bond donors (Lipinski definition) is 0. The molecule has 0 aliphatic carbocycles. The Morgan fingerprint density at radius 3 is 2.94 bits per heavy atom. The van der Waals surface area contributed by atoms with Crippen LogP contribution >= 0.6 is 11.6 Å². The minimum absolute atomic E-state index is 0.122. The molecule has 2 heterocycles. The molecule has 0 bridgehead atoms. The van der Waals surface area contributed by atoms with Crippen molar-refractivity contribution in [1.29, 1.82) is 0 Å². The van der Waals surface area contributed by atoms with Gasteiger partial charge in [0.05, 0.1) is 18.5 Å². The zero-order valence-electron chi connectivity index (χ0n) is 8.89. The van der Waals surface area contributed by atoms with Crippen LogP contribution in [0.5, 0.6) is 0 Å². The van der Waals surface area contributed by atoms with Crippen LogP contribution in [0.4, 0.5) is 0 Å². The number of rotatable bonds is 2. The van der Waals surface area contributed by atoms with E-state index in [-0.39, 0.29) is 17.2 Å². The Bertz CT molecular complexity index is 382. The van der Waals surface area contributed by atoms with Crippen molar-refractivity contribution in [3.8, 4) is 0 Å². The average molecular weight is 242 g/mol. The van der Waals surface area contributed by atoms with E-state index in [1.807, 2.05) is 0 Å². The first-order valence-electron chi connectivity index (χ1n) is 5.00. The SMILES string of the molecule is COC1CCN(C(=O)c2cnc(Cl)cn2)C1. The summed E-state index contributed by atoms with van der Waals surface area (Å²) in [6.45, 7) is 1.31. The summed E-state index contributed by atoms with van der Waals surface area (Å²) in [5, 5.41) is 0.285. The average Bonchev–Trinajstić information content (AvgIpc) is 2.77. The Balaban J connectivity index is 2.05. The quantitative estimate of drug-likeness (QED) is 0.775. The van der Waals surface area contributed by atoms with E-state index < -0.39 is 0 Å². The van der Waals surface area contributed by atoms with Crippen LogP contribution in [0.3, 0.4) is 0 Å². The zero-order chi connectivity index (χ0) is 11.5. The number of carbonyl (C=O) groups excluding carboxylic acids is 1. The highest BCUT2D eigenvalue weighted by molar-refractivity contribution is 6.29. The molecule has 16 heavy (non-hydrogen) atoms. The van der Waals surface area contributed by atoms with Gasteiger partial charge in [-0.1, -0.05) is 11.6 Å². The van der Waals surface area contributed by atoms with Gasteiger partial charge < -0.3 is 9.64 Å². The molecule has 5 nitrogen and oxygen atoms in total. The molecule has 1 atom stereocenters. The molecule has 0 N–H and O–H groups in total. The Kier molecular flexibility index (Phi) is 3.36. The number of nitrogens with zero attached hydrogens (tertiary/aromatic N) is 3. The van der Waals surface area contributed by atoms with Crippen molar-refractivity contribution in [2.24, 2.45) is 0 Å². The van der Waals surface area contributed by atoms with Gasteiger partial charge in [-0.05, 0) is 6.42 Å². The second kappa shape index (κ2) is 4.76. The summed E-state index contributed by atoms with van der Waals surface area (Å²) >= 11 is 5.60. The maximum atomic E-state index is 11.9. The Hall–Kier alpha value is -1.20. The van der Waals surface area contributed by atoms with Crippen molar-refractivity contribution >= 4 is 17.5 Å². The zero-order valence-corrected chi connectivity index (χ0v) is 9.65. The van der Waals surface area contributed by atoms with E-state index in [0.717, 1.165) is 6.42 Å². The molecule has 0 radical (unpaired) electrons. The van der Waals surface area contributed by atoms with Crippen LogP contribution in [-0.2, 0) is 4.74 Å². The molecule has 1 unspecified atom stereocenters. The summed E-state index contributed by atoms with van der Waals surface area (Å²) in [6, 6.07) is 0. The van der Waals surface area contributed by atoms with Crippen molar-refractivity contribution in [1.82, 2.24) is 14.9 Å². The lowest BCUT2D eigenvalue weighted by atomic mass is 10.3. The van der Waals surface area contributed by atoms with Crippen molar-refractivity contribution in [3.05, 3.63) is 23.2 Å². The van der Waals surface area contributed by atoms with E-state index in [9.17, 15) is 4.79 Å². The van der Waals surface area contributed by atoms with Crippen LogP contribution in [0.2, 0.25) is 5.15 Å². The standard InChI is InChI=1S/C10H12ClN3O2/c1-16-7-2-3-14(6-7)10(15)8-4-13-9(11)5-12-8/h4-5,7H,2-3,6H2,1H3. The number of methoxy groups -OCH3 is 1. The number of amides is 1. The van der Waals surface area contributed by atoms with Crippen LogP contribution in [-0.4, -0.2) is 47.1 Å². The van der Waals surface area contributed by atoms with Gasteiger partial charge in [0, 0.05) is 20.2 Å². The summed E-state index contributed by atoms with van der Waals surface area (Å²) in [7, 11) is 1.65. The highest BCUT2D eigenvalue weighted by atomic mass is 35.5. The summed E-state index contributed by atoms with van der Waals surface area (Å²) in [4.78, 5) is 21.4. The number of carbonyl (C=O) groups is 1. The number of hydrogen-bond acceptors (Lipinski definition) is 4. The second-order valence-corrected chi connectivity index (χ2v) is 4.01. The molecule has 1 aliphatic rings. The summed E-state index contributed by atoms with van der Waals surface area (Å²) in [5.74, 6) is -0.122. The Morgan fingerprint density at radius 2 is 2.38 bits per heavy atom. The molecule has 0 aromatic carbocycles. The molecule has 1 saturated heterocycles. The minimum Gasteiger partial charge on any atom is -0.380 e. The lowest BCUT2D eigenvalue weighted by molar-refractivity contribution is 0.0718. The topological polar surface area (TPSA) is 55.3 Å². The van der Waals surface area contributed by atoms with Crippen molar-refractivity contribution in [2.75, 3.05) is 20.2 Å². The van der Waals surface area contributed by atoms with Gasteiger partial charge in [0.2, 0.25) is 0 Å². The van der Waals surface area contributed by atoms with E-state index in [2.05, 4.69) is 9.97 Å². The first kappa shape index (κ1) is 11.3. The third-order valence-corrected chi connectivity index (χ3v) is 2.80. The van der Waals surface area contributed by atoms with Gasteiger partial charge >= 0.3 is 0 Å². The lowest BCUT2D eigenvalue weighted by Gasteiger charge is -2.15. The van der Waals surface area contributed by atoms with Crippen LogP contribution in [0.25, 0.3) is 0 Å². The normalized spacial score (nSPS) is 20.1. The lowest BCUT2D eigenvalue weighted by Crippen LogP contribution is -2.30. The number of likely N-dealkylation sites (tertiary alicyclic amines) is 1. The van der Waals surface area contributed by atoms with E-state index in [0.29, 0.717) is 18.8 Å². The molecular weight excluding hydrogens is 230 g/mol. The number of halogens is 1. The summed E-state index contributed by atoms with van der Waals surface area (Å²) < 4.78 is 5.20. The Labute approximate surface area is 98.4 Å². The molecule has 86 valence electrons. The van der Waals surface area contributed by atoms with E-state index >= 15 is 0 Å². The molecule has 1 aromatic heterocycles. The van der Waals surface area contributed by atoms with Gasteiger partial charge in [-0.2, -0.15) is 0 Å². The van der Waals surface area contributed by atoms with E-state index in [1.165, 1.54) is 12.4 Å². The van der Waals surface area contributed by atoms with E-state index in [1.54, 1.807) is 12.0 Å². The molecular formula is C10H12ClN3O2. The predicted octanol–water partition coefficient (Wildman–Crippen LogP) is 0.991. The van der Waals surface area contributed by atoms with Crippen molar-refractivity contribution < 1.29 is 9.53 Å². The van der Waals surface area contributed by atoms with Crippen LogP contribution in [0.1, 0.15) is 16.9 Å². The molecule has 0 saturated carbocycles. The summed E-state index contributed by atoms with van der Waals surface area (Å²) in [6.07, 6.45) is 3.76. The van der Waals surface area contributed by atoms with Gasteiger partial charge in [-0.25, -0.2) is 9.97 Å². The first-order valence-corrected chi connectivity index (χ1v) is 5.38. The molecule has 6 heteroatoms. The number of aromatic nitrogens is 2. The predicted molar refractivity (Wildman–Crippen MR) is 58.4 cm³/mol. The third kappa shape index (κ3) is 2.31. The fraction of sp³-hybridized carbons (Fsp3) is 0.500. The van der Waals surface area contributed by atoms with Gasteiger partial charge in [0.25, 0.3) is 5.91 Å². The molecule has 1 aromatic rings. The van der Waals surface area contributed by atoms with Crippen molar-refractivity contribution in [2.45, 2.75) is 12.5 Å². The molecule has 2 rings (SSSR count). The van der Waals surface area contributed by atoms with Crippen molar-refractivity contribution in [3.63, 3.8) is 0 Å². The molecule has 0 spiro atoms. The third-order valence-electron chi connectivity index (χ3n) is 2.61.